The highest BCUT2D eigenvalue weighted by molar-refractivity contribution is 9.09. The Hall–Kier alpha value is 0.380. The van der Waals surface area contributed by atoms with E-state index in [4.69, 9.17) is 11.6 Å². The highest BCUT2D eigenvalue weighted by Crippen LogP contribution is 2.32. The summed E-state index contributed by atoms with van der Waals surface area (Å²) in [6, 6.07) is 1.64. The molecule has 1 heterocycles. The fourth-order valence-corrected chi connectivity index (χ4v) is 5.44. The van der Waals surface area contributed by atoms with E-state index in [9.17, 15) is 8.42 Å². The highest BCUT2D eigenvalue weighted by atomic mass is 79.9. The summed E-state index contributed by atoms with van der Waals surface area (Å²) < 4.78 is 27.0. The molecule has 1 aromatic heterocycles. The van der Waals surface area contributed by atoms with Crippen molar-refractivity contribution in [2.45, 2.75) is 24.5 Å². The second-order valence-electron chi connectivity index (χ2n) is 3.62. The molecule has 0 bridgehead atoms. The first kappa shape index (κ1) is 15.4. The maximum absolute atomic E-state index is 12.3. The van der Waals surface area contributed by atoms with E-state index in [2.05, 4.69) is 15.9 Å². The Morgan fingerprint density at radius 1 is 1.47 bits per heavy atom. The van der Waals surface area contributed by atoms with Crippen LogP contribution in [0.5, 0.6) is 0 Å². The molecule has 98 valence electrons. The Morgan fingerprint density at radius 3 is 2.53 bits per heavy atom. The van der Waals surface area contributed by atoms with Crippen LogP contribution in [0, 0.1) is 6.92 Å². The van der Waals surface area contributed by atoms with Crippen LogP contribution in [-0.2, 0) is 10.0 Å². The van der Waals surface area contributed by atoms with Crippen molar-refractivity contribution in [3.8, 4) is 0 Å². The third-order valence-corrected chi connectivity index (χ3v) is 6.49. The van der Waals surface area contributed by atoms with Gasteiger partial charge >= 0.3 is 0 Å². The van der Waals surface area contributed by atoms with Crippen LogP contribution < -0.4 is 0 Å². The maximum Gasteiger partial charge on any atom is 0.252 e. The van der Waals surface area contributed by atoms with Gasteiger partial charge in [0, 0.05) is 18.4 Å². The zero-order chi connectivity index (χ0) is 13.1. The summed E-state index contributed by atoms with van der Waals surface area (Å²) in [5, 5.41) is 0.629. The van der Waals surface area contributed by atoms with Crippen LogP contribution in [0.4, 0.5) is 0 Å². The predicted molar refractivity (Wildman–Crippen MR) is 76.9 cm³/mol. The first-order valence-electron chi connectivity index (χ1n) is 5.25. The molecule has 0 unspecified atom stereocenters. The van der Waals surface area contributed by atoms with Gasteiger partial charge in [0.2, 0.25) is 0 Å². The van der Waals surface area contributed by atoms with E-state index in [0.29, 0.717) is 27.0 Å². The number of rotatable bonds is 6. The number of aryl methyl sites for hydroxylation is 1. The van der Waals surface area contributed by atoms with Crippen LogP contribution in [0.25, 0.3) is 0 Å². The van der Waals surface area contributed by atoms with E-state index in [1.807, 2.05) is 13.8 Å². The smallest absolute Gasteiger partial charge is 0.206 e. The molecule has 1 aromatic rings. The van der Waals surface area contributed by atoms with E-state index in [0.717, 1.165) is 23.3 Å². The molecule has 1 rings (SSSR count). The SMILES string of the molecule is CCCN(CCBr)S(=O)(=O)c1cc(C)c(Cl)s1. The van der Waals surface area contributed by atoms with Crippen molar-refractivity contribution < 1.29 is 8.42 Å². The summed E-state index contributed by atoms with van der Waals surface area (Å²) in [7, 11) is -3.39. The molecule has 0 N–H and O–H groups in total. The standard InChI is InChI=1S/C10H15BrClNO2S2/c1-3-5-13(6-4-11)17(14,15)9-7-8(2)10(12)16-9/h7H,3-6H2,1-2H3. The minimum absolute atomic E-state index is 0.328. The average Bonchev–Trinajstić information content (AvgIpc) is 2.59. The van der Waals surface area contributed by atoms with Crippen LogP contribution in [0.15, 0.2) is 10.3 Å². The van der Waals surface area contributed by atoms with E-state index < -0.39 is 10.0 Å². The Labute approximate surface area is 120 Å². The number of sulfonamides is 1. The van der Waals surface area contributed by atoms with Crippen molar-refractivity contribution >= 4 is 48.9 Å². The van der Waals surface area contributed by atoms with Crippen LogP contribution >= 0.6 is 38.9 Å². The fraction of sp³-hybridized carbons (Fsp3) is 0.600. The van der Waals surface area contributed by atoms with Crippen molar-refractivity contribution in [2.75, 3.05) is 18.4 Å². The summed E-state index contributed by atoms with van der Waals surface area (Å²) in [6.45, 7) is 4.78. The number of hydrogen-bond donors (Lipinski definition) is 0. The van der Waals surface area contributed by atoms with E-state index in [-0.39, 0.29) is 0 Å². The van der Waals surface area contributed by atoms with Gasteiger partial charge in [-0.2, -0.15) is 4.31 Å². The molecule has 0 saturated carbocycles. The van der Waals surface area contributed by atoms with Crippen LogP contribution in [0.3, 0.4) is 0 Å². The molecule has 0 aliphatic heterocycles. The van der Waals surface area contributed by atoms with Crippen molar-refractivity contribution in [1.82, 2.24) is 4.31 Å². The van der Waals surface area contributed by atoms with Crippen LogP contribution in [0.2, 0.25) is 4.34 Å². The molecule has 0 amide bonds. The zero-order valence-electron chi connectivity index (χ0n) is 9.74. The number of hydrogen-bond acceptors (Lipinski definition) is 3. The Morgan fingerprint density at radius 2 is 2.12 bits per heavy atom. The normalized spacial score (nSPS) is 12.3. The lowest BCUT2D eigenvalue weighted by molar-refractivity contribution is 0.431. The molecule has 17 heavy (non-hydrogen) atoms. The topological polar surface area (TPSA) is 37.4 Å². The van der Waals surface area contributed by atoms with Crippen molar-refractivity contribution in [3.05, 3.63) is 16.0 Å². The fourth-order valence-electron chi connectivity index (χ4n) is 1.38. The molecule has 0 aromatic carbocycles. The second-order valence-corrected chi connectivity index (χ2v) is 8.23. The van der Waals surface area contributed by atoms with Gasteiger partial charge in [-0.15, -0.1) is 11.3 Å². The highest BCUT2D eigenvalue weighted by Gasteiger charge is 2.25. The maximum atomic E-state index is 12.3. The number of thiophene rings is 1. The van der Waals surface area contributed by atoms with Gasteiger partial charge in [0.1, 0.15) is 4.21 Å². The first-order chi connectivity index (χ1) is 7.93. The molecule has 0 saturated heterocycles. The van der Waals surface area contributed by atoms with Gasteiger partial charge in [-0.05, 0) is 25.0 Å². The Kier molecular flexibility index (Phi) is 5.92. The van der Waals surface area contributed by atoms with Gasteiger partial charge in [0.15, 0.2) is 0 Å². The van der Waals surface area contributed by atoms with E-state index in [1.165, 1.54) is 4.31 Å². The largest absolute Gasteiger partial charge is 0.252 e. The molecule has 3 nitrogen and oxygen atoms in total. The van der Waals surface area contributed by atoms with Gasteiger partial charge < -0.3 is 0 Å². The van der Waals surface area contributed by atoms with Crippen molar-refractivity contribution in [3.63, 3.8) is 0 Å². The van der Waals surface area contributed by atoms with Gasteiger partial charge in [-0.1, -0.05) is 34.5 Å². The third kappa shape index (κ3) is 3.67. The summed E-state index contributed by atoms with van der Waals surface area (Å²) in [4.78, 5) is 0. The van der Waals surface area contributed by atoms with Gasteiger partial charge in [-0.3, -0.25) is 0 Å². The van der Waals surface area contributed by atoms with Crippen molar-refractivity contribution in [2.24, 2.45) is 0 Å². The lowest BCUT2D eigenvalue weighted by Gasteiger charge is -2.19. The quantitative estimate of drug-likeness (QED) is 0.728. The number of halogens is 2. The lowest BCUT2D eigenvalue weighted by Crippen LogP contribution is -2.33. The lowest BCUT2D eigenvalue weighted by atomic mass is 10.4. The van der Waals surface area contributed by atoms with E-state index in [1.54, 1.807) is 6.07 Å². The van der Waals surface area contributed by atoms with E-state index >= 15 is 0 Å². The predicted octanol–water partition coefficient (Wildman–Crippen LogP) is 3.51. The van der Waals surface area contributed by atoms with Gasteiger partial charge in [0.25, 0.3) is 10.0 Å². The molecular formula is C10H15BrClNO2S2. The van der Waals surface area contributed by atoms with Crippen LogP contribution in [-0.4, -0.2) is 31.1 Å². The summed E-state index contributed by atoms with van der Waals surface area (Å²) in [5.74, 6) is 0. The zero-order valence-corrected chi connectivity index (χ0v) is 13.7. The number of nitrogens with zero attached hydrogens (tertiary/aromatic N) is 1. The molecule has 0 spiro atoms. The minimum atomic E-state index is -3.39. The average molecular weight is 361 g/mol. The Bertz CT molecular complexity index is 447. The van der Waals surface area contributed by atoms with Crippen molar-refractivity contribution in [1.29, 1.82) is 0 Å². The molecular weight excluding hydrogens is 346 g/mol. The minimum Gasteiger partial charge on any atom is -0.206 e. The molecule has 0 radical (unpaired) electrons. The molecule has 0 aliphatic rings. The second kappa shape index (κ2) is 6.52. The summed E-state index contributed by atoms with van der Waals surface area (Å²) in [6.07, 6.45) is 0.796. The van der Waals surface area contributed by atoms with Gasteiger partial charge in [0.05, 0.1) is 4.34 Å². The molecule has 0 aliphatic carbocycles. The van der Waals surface area contributed by atoms with Gasteiger partial charge in [-0.25, -0.2) is 8.42 Å². The molecule has 0 atom stereocenters. The number of alkyl halides is 1. The first-order valence-corrected chi connectivity index (χ1v) is 9.01. The molecule has 7 heteroatoms. The summed E-state index contributed by atoms with van der Waals surface area (Å²) in [5.41, 5.74) is 0.811. The monoisotopic (exact) mass is 359 g/mol. The third-order valence-electron chi connectivity index (χ3n) is 2.24. The summed E-state index contributed by atoms with van der Waals surface area (Å²) >= 11 is 10.3. The Balaban J connectivity index is 3.06. The van der Waals surface area contributed by atoms with Crippen LogP contribution in [0.1, 0.15) is 18.9 Å². The molecule has 0 fully saturated rings.